The van der Waals surface area contributed by atoms with Crippen LogP contribution in [0.25, 0.3) is 0 Å². The van der Waals surface area contributed by atoms with Gasteiger partial charge in [-0.3, -0.25) is 4.79 Å². The number of ketones is 1. The van der Waals surface area contributed by atoms with Crippen LogP contribution in [-0.2, 0) is 4.79 Å². The highest BCUT2D eigenvalue weighted by atomic mass is 16.1. The van der Waals surface area contributed by atoms with E-state index < -0.39 is 0 Å². The molecule has 0 amide bonds. The molecule has 2 bridgehead atoms. The third kappa shape index (κ3) is 0.905. The summed E-state index contributed by atoms with van der Waals surface area (Å²) < 4.78 is 0. The number of allylic oxidation sites excluding steroid dienone is 1. The largest absolute Gasteiger partial charge is 0.299 e. The van der Waals surface area contributed by atoms with Crippen LogP contribution < -0.4 is 0 Å². The molecular formula is C12H18O. The van der Waals surface area contributed by atoms with Crippen molar-refractivity contribution >= 4 is 5.78 Å². The number of fused-ring (bicyclic) bond motifs is 2. The Balaban J connectivity index is 2.37. The van der Waals surface area contributed by atoms with E-state index in [0.717, 1.165) is 12.8 Å². The second kappa shape index (κ2) is 2.26. The van der Waals surface area contributed by atoms with Crippen LogP contribution in [0.1, 0.15) is 33.6 Å². The van der Waals surface area contributed by atoms with Crippen molar-refractivity contribution in [1.82, 2.24) is 0 Å². The van der Waals surface area contributed by atoms with E-state index in [2.05, 4.69) is 27.4 Å². The molecule has 0 spiro atoms. The fourth-order valence-electron chi connectivity index (χ4n) is 3.43. The summed E-state index contributed by atoms with van der Waals surface area (Å²) in [5.74, 6) is 1.46. The van der Waals surface area contributed by atoms with Crippen LogP contribution in [0.3, 0.4) is 0 Å². The summed E-state index contributed by atoms with van der Waals surface area (Å²) in [6.45, 7) is 10.5. The number of hydrogen-bond donors (Lipinski definition) is 0. The maximum absolute atomic E-state index is 11.8. The lowest BCUT2D eigenvalue weighted by atomic mass is 9.41. The van der Waals surface area contributed by atoms with Crippen molar-refractivity contribution < 1.29 is 4.79 Å². The Morgan fingerprint density at radius 1 is 1.46 bits per heavy atom. The van der Waals surface area contributed by atoms with E-state index in [0.29, 0.717) is 17.6 Å². The second-order valence-corrected chi connectivity index (χ2v) is 5.52. The number of hydrogen-bond acceptors (Lipinski definition) is 1. The van der Waals surface area contributed by atoms with Gasteiger partial charge in [0.15, 0.2) is 0 Å². The molecule has 3 rings (SSSR count). The molecule has 3 aliphatic rings. The van der Waals surface area contributed by atoms with Gasteiger partial charge in [0, 0.05) is 12.3 Å². The molecule has 0 aromatic rings. The van der Waals surface area contributed by atoms with Gasteiger partial charge in [0.25, 0.3) is 0 Å². The van der Waals surface area contributed by atoms with Gasteiger partial charge in [-0.2, -0.15) is 0 Å². The zero-order valence-corrected chi connectivity index (χ0v) is 8.76. The van der Waals surface area contributed by atoms with Gasteiger partial charge in [0.2, 0.25) is 0 Å². The lowest BCUT2D eigenvalue weighted by Gasteiger charge is -2.62. The lowest BCUT2D eigenvalue weighted by molar-refractivity contribution is -0.165. The van der Waals surface area contributed by atoms with Gasteiger partial charge < -0.3 is 0 Å². The molecule has 0 heterocycles. The summed E-state index contributed by atoms with van der Waals surface area (Å²) in [6.07, 6.45) is 3.80. The summed E-state index contributed by atoms with van der Waals surface area (Å²) in [5.41, 5.74) is 0.285. The topological polar surface area (TPSA) is 17.1 Å². The van der Waals surface area contributed by atoms with Crippen LogP contribution >= 0.6 is 0 Å². The van der Waals surface area contributed by atoms with Crippen molar-refractivity contribution in [3.05, 3.63) is 12.7 Å². The van der Waals surface area contributed by atoms with E-state index in [1.54, 1.807) is 0 Å². The van der Waals surface area contributed by atoms with E-state index in [1.165, 1.54) is 0 Å². The Morgan fingerprint density at radius 3 is 2.46 bits per heavy atom. The molecule has 3 aliphatic carbocycles. The highest BCUT2D eigenvalue weighted by molar-refractivity contribution is 5.85. The summed E-state index contributed by atoms with van der Waals surface area (Å²) in [4.78, 5) is 11.8. The van der Waals surface area contributed by atoms with Crippen molar-refractivity contribution in [3.8, 4) is 0 Å². The normalized spacial score (nSPS) is 46.8. The third-order valence-corrected chi connectivity index (χ3v) is 4.47. The quantitative estimate of drug-likeness (QED) is 0.564. The van der Waals surface area contributed by atoms with Crippen LogP contribution in [-0.4, -0.2) is 5.78 Å². The molecule has 1 heteroatoms. The van der Waals surface area contributed by atoms with E-state index in [9.17, 15) is 4.79 Å². The molecular weight excluding hydrogens is 160 g/mol. The Morgan fingerprint density at radius 2 is 2.08 bits per heavy atom. The highest BCUT2D eigenvalue weighted by Crippen LogP contribution is 2.64. The van der Waals surface area contributed by atoms with Crippen LogP contribution in [0, 0.1) is 22.7 Å². The molecule has 0 radical (unpaired) electrons. The van der Waals surface area contributed by atoms with E-state index in [4.69, 9.17) is 0 Å². The Labute approximate surface area is 80.2 Å². The molecule has 0 aromatic carbocycles. The first-order valence-electron chi connectivity index (χ1n) is 5.08. The van der Waals surface area contributed by atoms with Gasteiger partial charge in [0.05, 0.1) is 0 Å². The summed E-state index contributed by atoms with van der Waals surface area (Å²) in [6, 6.07) is 0. The number of rotatable bonds is 1. The summed E-state index contributed by atoms with van der Waals surface area (Å²) >= 11 is 0. The van der Waals surface area contributed by atoms with E-state index in [1.807, 2.05) is 6.08 Å². The molecule has 0 unspecified atom stereocenters. The minimum atomic E-state index is 0.0648. The van der Waals surface area contributed by atoms with Crippen LogP contribution in [0.15, 0.2) is 12.7 Å². The summed E-state index contributed by atoms with van der Waals surface area (Å²) in [7, 11) is 0. The summed E-state index contributed by atoms with van der Waals surface area (Å²) in [5, 5.41) is 0. The predicted octanol–water partition coefficient (Wildman–Crippen LogP) is 2.81. The molecule has 13 heavy (non-hydrogen) atoms. The van der Waals surface area contributed by atoms with Crippen molar-refractivity contribution in [2.24, 2.45) is 22.7 Å². The first kappa shape index (κ1) is 8.98. The minimum absolute atomic E-state index is 0.0648. The maximum Gasteiger partial charge on any atom is 0.137 e. The zero-order valence-electron chi connectivity index (χ0n) is 8.76. The molecule has 0 aliphatic heterocycles. The fourth-order valence-corrected chi connectivity index (χ4v) is 3.43. The van der Waals surface area contributed by atoms with Crippen molar-refractivity contribution in [1.29, 1.82) is 0 Å². The average Bonchev–Trinajstić information content (AvgIpc) is 2.02. The zero-order chi connectivity index (χ0) is 9.85. The second-order valence-electron chi connectivity index (χ2n) is 5.52. The van der Waals surface area contributed by atoms with Gasteiger partial charge in [-0.1, -0.05) is 26.8 Å². The maximum atomic E-state index is 11.8. The Kier molecular flexibility index (Phi) is 1.56. The van der Waals surface area contributed by atoms with Gasteiger partial charge in [0.1, 0.15) is 5.78 Å². The molecule has 1 nitrogen and oxygen atoms in total. The van der Waals surface area contributed by atoms with Gasteiger partial charge in [-0.15, -0.1) is 6.58 Å². The minimum Gasteiger partial charge on any atom is -0.299 e. The first-order chi connectivity index (χ1) is 5.92. The van der Waals surface area contributed by atoms with Crippen molar-refractivity contribution in [3.63, 3.8) is 0 Å². The van der Waals surface area contributed by atoms with Crippen LogP contribution in [0.5, 0.6) is 0 Å². The monoisotopic (exact) mass is 178 g/mol. The van der Waals surface area contributed by atoms with E-state index in [-0.39, 0.29) is 10.8 Å². The van der Waals surface area contributed by atoms with Crippen molar-refractivity contribution in [2.75, 3.05) is 0 Å². The van der Waals surface area contributed by atoms with Crippen molar-refractivity contribution in [2.45, 2.75) is 33.6 Å². The molecule has 3 atom stereocenters. The Hall–Kier alpha value is -0.590. The van der Waals surface area contributed by atoms with Crippen LogP contribution in [0.2, 0.25) is 0 Å². The molecule has 3 fully saturated rings. The highest BCUT2D eigenvalue weighted by Gasteiger charge is 2.61. The number of carbonyl (C=O) groups excluding carboxylic acids is 1. The third-order valence-electron chi connectivity index (χ3n) is 4.47. The SMILES string of the molecule is C=C[C@]1(C)CC(=O)[C@H]2C[C@H]1C2(C)C. The van der Waals surface area contributed by atoms with Gasteiger partial charge >= 0.3 is 0 Å². The van der Waals surface area contributed by atoms with E-state index >= 15 is 0 Å². The Bertz CT molecular complexity index is 277. The standard InChI is InChI=1S/C12H18O/c1-5-12(4)7-9(13)8-6-10(12)11(8,2)3/h5,8,10H,1,6-7H2,2-4H3/t8-,10+,12-/m1/s1. The number of carbonyl (C=O) groups is 1. The lowest BCUT2D eigenvalue weighted by Crippen LogP contribution is -2.60. The molecule has 3 saturated carbocycles. The average molecular weight is 178 g/mol. The molecule has 72 valence electrons. The predicted molar refractivity (Wildman–Crippen MR) is 53.3 cm³/mol. The van der Waals surface area contributed by atoms with Gasteiger partial charge in [-0.25, -0.2) is 0 Å². The number of Topliss-reactive ketones (excluding diaryl/α,β-unsaturated/α-hetero) is 1. The van der Waals surface area contributed by atoms with Crippen LogP contribution in [0.4, 0.5) is 0 Å². The fraction of sp³-hybridized carbons (Fsp3) is 0.750. The smallest absolute Gasteiger partial charge is 0.137 e. The van der Waals surface area contributed by atoms with Gasteiger partial charge in [-0.05, 0) is 23.2 Å². The first-order valence-corrected chi connectivity index (χ1v) is 5.08. The molecule has 0 N–H and O–H groups in total. The molecule has 0 aromatic heterocycles. The molecule has 0 saturated heterocycles.